The van der Waals surface area contributed by atoms with Gasteiger partial charge in [0, 0.05) is 29.8 Å². The third-order valence-electron chi connectivity index (χ3n) is 10.8. The predicted octanol–water partition coefficient (Wildman–Crippen LogP) is 7.65. The van der Waals surface area contributed by atoms with Crippen LogP contribution < -0.4 is 20.5 Å². The van der Waals surface area contributed by atoms with Gasteiger partial charge in [0.2, 0.25) is 0 Å². The van der Waals surface area contributed by atoms with Crippen LogP contribution in [0.2, 0.25) is 0 Å². The van der Waals surface area contributed by atoms with Crippen molar-refractivity contribution in [2.45, 2.75) is 50.5 Å². The molecule has 1 amide bonds. The zero-order valence-corrected chi connectivity index (χ0v) is 31.0. The summed E-state index contributed by atoms with van der Waals surface area (Å²) in [5, 5.41) is 7.77. The molecule has 3 N–H and O–H groups in total. The lowest BCUT2D eigenvalue weighted by Gasteiger charge is -2.19. The number of nitrogens with one attached hydrogen (secondary N) is 1. The number of amides is 1. The minimum atomic E-state index is -0.731. The first-order valence-corrected chi connectivity index (χ1v) is 18.9. The minimum Gasteiger partial charge on any atom is -0.497 e. The van der Waals surface area contributed by atoms with E-state index in [1.165, 1.54) is 12.5 Å². The Morgan fingerprint density at radius 3 is 2.54 bits per heavy atom. The Labute approximate surface area is 327 Å². The van der Waals surface area contributed by atoms with Crippen LogP contribution in [0.3, 0.4) is 0 Å². The smallest absolute Gasteiger partial charge is 0.269 e. The fraction of sp³-hybridized carbons (Fsp3) is 0.205. The van der Waals surface area contributed by atoms with Crippen molar-refractivity contribution in [1.29, 1.82) is 0 Å². The largest absolute Gasteiger partial charge is 0.497 e. The average Bonchev–Trinajstić information content (AvgIpc) is 3.66. The number of nitrogens with two attached hydrogens (primary N) is 1. The Balaban J connectivity index is 0.956. The SMILES string of the molecule is COc1ccc(COc2ccc(C(=O)N[C@H]3CCc4cc(-n5c(-c6cccnc6N)nc6c(C7CC7)cc(-n7cccn7)nc65)ccc43)cc2C2OC=CO2)cc1. The fourth-order valence-corrected chi connectivity index (χ4v) is 7.72. The second kappa shape index (κ2) is 14.2. The molecule has 10 rings (SSSR count). The summed E-state index contributed by atoms with van der Waals surface area (Å²) in [6.45, 7) is 0.318. The Morgan fingerprint density at radius 2 is 1.77 bits per heavy atom. The van der Waals surface area contributed by atoms with E-state index < -0.39 is 6.29 Å². The number of imidazole rings is 1. The van der Waals surface area contributed by atoms with Gasteiger partial charge in [-0.1, -0.05) is 18.2 Å². The highest BCUT2D eigenvalue weighted by atomic mass is 16.7. The van der Waals surface area contributed by atoms with Crippen molar-refractivity contribution in [2.24, 2.45) is 0 Å². The molecule has 1 fully saturated rings. The maximum Gasteiger partial charge on any atom is 0.269 e. The molecule has 57 heavy (non-hydrogen) atoms. The van der Waals surface area contributed by atoms with E-state index in [4.69, 9.17) is 34.6 Å². The molecule has 5 heterocycles. The monoisotopic (exact) mass is 758 g/mol. The number of nitrogens with zero attached hydrogens (tertiary/aromatic N) is 6. The van der Waals surface area contributed by atoms with Gasteiger partial charge < -0.3 is 30.0 Å². The molecular formula is C44H38N8O5. The molecular weight excluding hydrogens is 721 g/mol. The van der Waals surface area contributed by atoms with Gasteiger partial charge in [-0.15, -0.1) is 0 Å². The van der Waals surface area contributed by atoms with E-state index in [-0.39, 0.29) is 11.9 Å². The summed E-state index contributed by atoms with van der Waals surface area (Å²) in [6, 6.07) is 26.9. The molecule has 13 heteroatoms. The lowest BCUT2D eigenvalue weighted by molar-refractivity contribution is -0.0266. The summed E-state index contributed by atoms with van der Waals surface area (Å²) in [7, 11) is 1.63. The highest BCUT2D eigenvalue weighted by Crippen LogP contribution is 2.45. The molecule has 1 aliphatic heterocycles. The third-order valence-corrected chi connectivity index (χ3v) is 10.8. The van der Waals surface area contributed by atoms with E-state index in [0.29, 0.717) is 41.0 Å². The summed E-state index contributed by atoms with van der Waals surface area (Å²) < 4.78 is 26.7. The Bertz CT molecular complexity index is 2660. The quantitative estimate of drug-likeness (QED) is 0.135. The van der Waals surface area contributed by atoms with Crippen molar-refractivity contribution in [3.05, 3.63) is 149 Å². The zero-order chi connectivity index (χ0) is 38.5. The maximum absolute atomic E-state index is 13.9. The van der Waals surface area contributed by atoms with Crippen LogP contribution in [0.4, 0.5) is 5.82 Å². The molecule has 0 bridgehead atoms. The van der Waals surface area contributed by atoms with Gasteiger partial charge in [0.15, 0.2) is 17.3 Å². The molecule has 1 saturated carbocycles. The molecule has 0 saturated heterocycles. The first-order chi connectivity index (χ1) is 28.0. The van der Waals surface area contributed by atoms with E-state index in [1.54, 1.807) is 42.4 Å². The van der Waals surface area contributed by atoms with Crippen molar-refractivity contribution in [2.75, 3.05) is 12.8 Å². The van der Waals surface area contributed by atoms with Gasteiger partial charge in [-0.25, -0.2) is 19.6 Å². The van der Waals surface area contributed by atoms with Crippen LogP contribution in [0.15, 0.2) is 116 Å². The molecule has 7 aromatic rings. The summed E-state index contributed by atoms with van der Waals surface area (Å²) in [5.74, 6) is 3.32. The number of aromatic nitrogens is 6. The van der Waals surface area contributed by atoms with Gasteiger partial charge in [-0.05, 0) is 121 Å². The van der Waals surface area contributed by atoms with E-state index >= 15 is 0 Å². The number of carbonyl (C=O) groups excluding carboxylic acids is 1. The fourth-order valence-electron chi connectivity index (χ4n) is 7.72. The van der Waals surface area contributed by atoms with Crippen LogP contribution in [0.5, 0.6) is 11.5 Å². The Kier molecular flexibility index (Phi) is 8.54. The molecule has 3 aliphatic rings. The topological polar surface area (TPSA) is 153 Å². The lowest BCUT2D eigenvalue weighted by atomic mass is 10.0. The highest BCUT2D eigenvalue weighted by Gasteiger charge is 2.32. The molecule has 284 valence electrons. The van der Waals surface area contributed by atoms with Crippen LogP contribution in [0.25, 0.3) is 34.1 Å². The molecule has 13 nitrogen and oxygen atoms in total. The molecule has 0 spiro atoms. The molecule has 3 aromatic carbocycles. The number of nitrogen functional groups attached to an aromatic ring is 1. The number of benzene rings is 3. The highest BCUT2D eigenvalue weighted by molar-refractivity contribution is 5.95. The first-order valence-electron chi connectivity index (χ1n) is 18.9. The summed E-state index contributed by atoms with van der Waals surface area (Å²) in [4.78, 5) is 28.6. The van der Waals surface area contributed by atoms with Gasteiger partial charge in [0.25, 0.3) is 12.2 Å². The van der Waals surface area contributed by atoms with Gasteiger partial charge in [0.05, 0.1) is 24.3 Å². The van der Waals surface area contributed by atoms with Crippen LogP contribution in [-0.4, -0.2) is 42.3 Å². The average molecular weight is 759 g/mol. The van der Waals surface area contributed by atoms with Crippen LogP contribution in [0, 0.1) is 0 Å². The van der Waals surface area contributed by atoms with E-state index in [0.717, 1.165) is 81.9 Å². The number of carbonyl (C=O) groups is 1. The van der Waals surface area contributed by atoms with Gasteiger partial charge in [0.1, 0.15) is 42.0 Å². The van der Waals surface area contributed by atoms with Crippen molar-refractivity contribution in [1.82, 2.24) is 34.6 Å². The predicted molar refractivity (Wildman–Crippen MR) is 212 cm³/mol. The molecule has 2 aliphatic carbocycles. The lowest BCUT2D eigenvalue weighted by Crippen LogP contribution is -2.27. The molecule has 0 unspecified atom stereocenters. The number of fused-ring (bicyclic) bond motifs is 2. The van der Waals surface area contributed by atoms with Crippen LogP contribution >= 0.6 is 0 Å². The van der Waals surface area contributed by atoms with Crippen molar-refractivity contribution in [3.63, 3.8) is 0 Å². The van der Waals surface area contributed by atoms with Gasteiger partial charge >= 0.3 is 0 Å². The van der Waals surface area contributed by atoms with E-state index in [1.807, 2.05) is 48.7 Å². The number of ether oxygens (including phenoxy) is 4. The van der Waals surface area contributed by atoms with E-state index in [2.05, 4.69) is 44.2 Å². The second-order valence-corrected chi connectivity index (χ2v) is 14.4. The number of methoxy groups -OCH3 is 1. The first kappa shape index (κ1) is 34.3. The number of anilines is 1. The molecule has 0 radical (unpaired) electrons. The normalized spacial score (nSPS) is 16.0. The summed E-state index contributed by atoms with van der Waals surface area (Å²) in [6.07, 6.45) is 11.3. The Hall–Kier alpha value is -7.15. The molecule has 4 aromatic heterocycles. The number of rotatable bonds is 11. The Morgan fingerprint density at radius 1 is 0.912 bits per heavy atom. The van der Waals surface area contributed by atoms with Crippen molar-refractivity contribution in [3.8, 4) is 34.4 Å². The number of hydrogen-bond donors (Lipinski definition) is 2. The second-order valence-electron chi connectivity index (χ2n) is 14.4. The summed E-state index contributed by atoms with van der Waals surface area (Å²) in [5.41, 5.74) is 15.1. The zero-order valence-electron chi connectivity index (χ0n) is 31.0. The van der Waals surface area contributed by atoms with Gasteiger partial charge in [-0.3, -0.25) is 9.36 Å². The van der Waals surface area contributed by atoms with Crippen molar-refractivity contribution >= 4 is 22.9 Å². The van der Waals surface area contributed by atoms with Crippen molar-refractivity contribution < 1.29 is 23.7 Å². The van der Waals surface area contributed by atoms with E-state index in [9.17, 15) is 4.79 Å². The number of pyridine rings is 2. The summed E-state index contributed by atoms with van der Waals surface area (Å²) >= 11 is 0. The number of aryl methyl sites for hydroxylation is 1. The number of hydrogen-bond acceptors (Lipinski definition) is 10. The van der Waals surface area contributed by atoms with Crippen LogP contribution in [0.1, 0.15) is 75.7 Å². The maximum atomic E-state index is 13.9. The standard InChI is InChI=1S/C44H38N8O5/c1-54-31-12-5-26(6-13-31)25-57-37-16-10-29(23-35(37)44-55-20-21-56-44)43(53)48-36-15-9-28-22-30(11-14-32(28)36)52-41(33-4-2-17-46-40(33)45)50-39-34(27-7-8-27)24-38(49-42(39)52)51-19-3-18-47-51/h2-6,10-14,16-24,27,36,44H,7-9,15,25H2,1H3,(H2,45,46)(H,48,53)/t36-/m0/s1. The van der Waals surface area contributed by atoms with Gasteiger partial charge in [-0.2, -0.15) is 5.10 Å². The third kappa shape index (κ3) is 6.46. The minimum absolute atomic E-state index is 0.185. The molecule has 1 atom stereocenters. The van der Waals surface area contributed by atoms with Crippen LogP contribution in [-0.2, 0) is 22.5 Å².